The zero-order chi connectivity index (χ0) is 15.0. The van der Waals surface area contributed by atoms with Crippen LogP contribution in [0.25, 0.3) is 0 Å². The molecule has 5 nitrogen and oxygen atoms in total. The Balaban J connectivity index is 0.00000400. The molecule has 118 valence electrons. The second-order valence-electron chi connectivity index (χ2n) is 4.22. The van der Waals surface area contributed by atoms with Gasteiger partial charge in [-0.15, -0.1) is 24.0 Å². The third-order valence-electron chi connectivity index (χ3n) is 2.16. The number of nitrogens with one attached hydrogen (secondary N) is 1. The highest BCUT2D eigenvalue weighted by Gasteiger charge is 2.04. The maximum absolute atomic E-state index is 12.0. The van der Waals surface area contributed by atoms with Crippen LogP contribution in [-0.4, -0.2) is 30.5 Å². The fraction of sp³-hybridized carbons (Fsp3) is 0.385. The van der Waals surface area contributed by atoms with E-state index >= 15 is 0 Å². The van der Waals surface area contributed by atoms with Crippen molar-refractivity contribution in [1.29, 1.82) is 0 Å². The molecule has 0 aliphatic carbocycles. The standard InChI is InChI=1S/C13H18F2N4O.HI/c1-9(2)6-18-13(16)19-7-10-3-4-17-12(5-10)20-8-11(14)15;/h3-5,11H,1,6-8H2,2H3,(H3,16,18,19);1H. The van der Waals surface area contributed by atoms with Crippen molar-refractivity contribution in [3.05, 3.63) is 36.0 Å². The Kier molecular flexibility index (Phi) is 9.59. The number of hydrogen-bond acceptors (Lipinski definition) is 3. The summed E-state index contributed by atoms with van der Waals surface area (Å²) in [6.07, 6.45) is -1.05. The fourth-order valence-corrected chi connectivity index (χ4v) is 1.25. The number of nitrogens with two attached hydrogens (primary N) is 1. The third kappa shape index (κ3) is 9.16. The molecule has 0 aromatic carbocycles. The summed E-state index contributed by atoms with van der Waals surface area (Å²) in [6.45, 7) is 5.78. The minimum absolute atomic E-state index is 0. The molecular formula is C13H19F2IN4O. The monoisotopic (exact) mass is 412 g/mol. The summed E-state index contributed by atoms with van der Waals surface area (Å²) in [4.78, 5) is 7.95. The van der Waals surface area contributed by atoms with Crippen LogP contribution in [0.3, 0.4) is 0 Å². The van der Waals surface area contributed by atoms with Gasteiger partial charge >= 0.3 is 0 Å². The van der Waals surface area contributed by atoms with Gasteiger partial charge in [-0.3, -0.25) is 0 Å². The molecule has 0 atom stereocenters. The van der Waals surface area contributed by atoms with Gasteiger partial charge in [0, 0.05) is 18.8 Å². The van der Waals surface area contributed by atoms with Crippen LogP contribution in [0, 0.1) is 0 Å². The first-order valence-corrected chi connectivity index (χ1v) is 6.01. The number of halogens is 3. The normalized spacial score (nSPS) is 11.0. The van der Waals surface area contributed by atoms with Crippen LogP contribution >= 0.6 is 24.0 Å². The molecule has 1 aromatic heterocycles. The van der Waals surface area contributed by atoms with Gasteiger partial charge in [-0.2, -0.15) is 0 Å². The summed E-state index contributed by atoms with van der Waals surface area (Å²) in [5.74, 6) is 0.436. The first-order chi connectivity index (χ1) is 9.47. The van der Waals surface area contributed by atoms with Crippen LogP contribution in [0.4, 0.5) is 8.78 Å². The van der Waals surface area contributed by atoms with Crippen molar-refractivity contribution < 1.29 is 13.5 Å². The van der Waals surface area contributed by atoms with E-state index in [1.807, 2.05) is 6.92 Å². The Morgan fingerprint density at radius 1 is 1.57 bits per heavy atom. The number of aliphatic imine (C=N–C) groups is 1. The Bertz CT molecular complexity index is 483. The minimum atomic E-state index is -2.53. The highest BCUT2D eigenvalue weighted by Crippen LogP contribution is 2.11. The second-order valence-corrected chi connectivity index (χ2v) is 4.22. The van der Waals surface area contributed by atoms with Gasteiger partial charge in [-0.25, -0.2) is 18.8 Å². The van der Waals surface area contributed by atoms with Gasteiger partial charge in [0.15, 0.2) is 12.6 Å². The molecule has 0 fully saturated rings. The van der Waals surface area contributed by atoms with E-state index in [0.717, 1.165) is 11.1 Å². The maximum Gasteiger partial charge on any atom is 0.272 e. The zero-order valence-corrected chi connectivity index (χ0v) is 14.0. The second kappa shape index (κ2) is 10.3. The van der Waals surface area contributed by atoms with Gasteiger partial charge in [0.1, 0.15) is 0 Å². The summed E-state index contributed by atoms with van der Waals surface area (Å²) in [5, 5.41) is 2.89. The number of alkyl halides is 2. The van der Waals surface area contributed by atoms with E-state index in [9.17, 15) is 8.78 Å². The summed E-state index contributed by atoms with van der Waals surface area (Å²) in [7, 11) is 0. The summed E-state index contributed by atoms with van der Waals surface area (Å²) in [6, 6.07) is 3.27. The maximum atomic E-state index is 12.0. The van der Waals surface area contributed by atoms with Gasteiger partial charge < -0.3 is 15.8 Å². The van der Waals surface area contributed by atoms with Crippen molar-refractivity contribution in [3.63, 3.8) is 0 Å². The quantitative estimate of drug-likeness (QED) is 0.312. The smallest absolute Gasteiger partial charge is 0.272 e. The van der Waals surface area contributed by atoms with Crippen molar-refractivity contribution >= 4 is 29.9 Å². The molecule has 0 saturated carbocycles. The predicted octanol–water partition coefficient (Wildman–Crippen LogP) is 2.32. The van der Waals surface area contributed by atoms with E-state index in [0.29, 0.717) is 19.0 Å². The molecule has 0 aliphatic heterocycles. The van der Waals surface area contributed by atoms with Gasteiger partial charge in [0.2, 0.25) is 5.88 Å². The Morgan fingerprint density at radius 3 is 2.90 bits per heavy atom. The highest BCUT2D eigenvalue weighted by atomic mass is 127. The van der Waals surface area contributed by atoms with E-state index in [1.54, 1.807) is 12.1 Å². The SMILES string of the molecule is C=C(C)CNC(N)=NCc1ccnc(OCC(F)F)c1.I. The molecule has 1 aromatic rings. The molecule has 3 N–H and O–H groups in total. The van der Waals surface area contributed by atoms with E-state index in [1.165, 1.54) is 6.20 Å². The minimum Gasteiger partial charge on any atom is -0.472 e. The Morgan fingerprint density at radius 2 is 2.29 bits per heavy atom. The number of guanidine groups is 1. The van der Waals surface area contributed by atoms with Gasteiger partial charge in [0.05, 0.1) is 6.54 Å². The highest BCUT2D eigenvalue weighted by molar-refractivity contribution is 14.0. The fourth-order valence-electron chi connectivity index (χ4n) is 1.25. The van der Waals surface area contributed by atoms with Crippen molar-refractivity contribution in [3.8, 4) is 5.88 Å². The number of rotatable bonds is 7. The van der Waals surface area contributed by atoms with E-state index in [-0.39, 0.29) is 29.9 Å². The third-order valence-corrected chi connectivity index (χ3v) is 2.16. The molecule has 0 unspecified atom stereocenters. The lowest BCUT2D eigenvalue weighted by atomic mass is 10.3. The molecule has 8 heteroatoms. The summed E-state index contributed by atoms with van der Waals surface area (Å²) < 4.78 is 28.9. The molecule has 0 amide bonds. The van der Waals surface area contributed by atoms with Gasteiger partial charge in [-0.05, 0) is 18.6 Å². The average Bonchev–Trinajstić information content (AvgIpc) is 2.41. The lowest BCUT2D eigenvalue weighted by molar-refractivity contribution is 0.0795. The van der Waals surface area contributed by atoms with Crippen LogP contribution in [-0.2, 0) is 6.54 Å². The number of ether oxygens (including phenoxy) is 1. The van der Waals surface area contributed by atoms with Crippen LogP contribution in [0.15, 0.2) is 35.5 Å². The van der Waals surface area contributed by atoms with Crippen LogP contribution < -0.4 is 15.8 Å². The van der Waals surface area contributed by atoms with E-state index in [4.69, 9.17) is 10.5 Å². The molecule has 0 radical (unpaired) electrons. The van der Waals surface area contributed by atoms with E-state index in [2.05, 4.69) is 21.9 Å². The number of hydrogen-bond donors (Lipinski definition) is 2. The molecule has 0 bridgehead atoms. The summed E-state index contributed by atoms with van der Waals surface area (Å²) >= 11 is 0. The molecule has 21 heavy (non-hydrogen) atoms. The Hall–Kier alpha value is -1.45. The first kappa shape index (κ1) is 19.6. The average molecular weight is 412 g/mol. The molecule has 0 spiro atoms. The number of aromatic nitrogens is 1. The molecule has 0 aliphatic rings. The van der Waals surface area contributed by atoms with Gasteiger partial charge in [0.25, 0.3) is 6.43 Å². The van der Waals surface area contributed by atoms with Crippen LogP contribution in [0.1, 0.15) is 12.5 Å². The molecule has 1 rings (SSSR count). The Labute approximate surface area is 139 Å². The molecule has 1 heterocycles. The largest absolute Gasteiger partial charge is 0.472 e. The lowest BCUT2D eigenvalue weighted by Gasteiger charge is -2.06. The predicted molar refractivity (Wildman–Crippen MR) is 89.3 cm³/mol. The lowest BCUT2D eigenvalue weighted by Crippen LogP contribution is -2.32. The van der Waals surface area contributed by atoms with Crippen molar-refractivity contribution in [2.75, 3.05) is 13.2 Å². The first-order valence-electron chi connectivity index (χ1n) is 6.01. The van der Waals surface area contributed by atoms with Crippen LogP contribution in [0.5, 0.6) is 5.88 Å². The van der Waals surface area contributed by atoms with Crippen molar-refractivity contribution in [1.82, 2.24) is 10.3 Å². The molecule has 0 saturated heterocycles. The van der Waals surface area contributed by atoms with E-state index < -0.39 is 13.0 Å². The van der Waals surface area contributed by atoms with Crippen molar-refractivity contribution in [2.45, 2.75) is 19.9 Å². The van der Waals surface area contributed by atoms with Crippen LogP contribution in [0.2, 0.25) is 0 Å². The number of pyridine rings is 1. The molecular weight excluding hydrogens is 393 g/mol. The topological polar surface area (TPSA) is 72.5 Å². The van der Waals surface area contributed by atoms with Crippen molar-refractivity contribution in [2.24, 2.45) is 10.7 Å². The number of nitrogens with zero attached hydrogens (tertiary/aromatic N) is 2. The summed E-state index contributed by atoms with van der Waals surface area (Å²) in [5.41, 5.74) is 7.37. The zero-order valence-electron chi connectivity index (χ0n) is 11.7. The van der Waals surface area contributed by atoms with Gasteiger partial charge in [-0.1, -0.05) is 12.2 Å².